The number of hydrogen-bond donors (Lipinski definition) is 2. The van der Waals surface area contributed by atoms with Gasteiger partial charge in [-0.05, 0) is 25.7 Å². The minimum Gasteiger partial charge on any atom is -0.214 e. The summed E-state index contributed by atoms with van der Waals surface area (Å²) < 4.78 is 52.1. The molecule has 0 amide bonds. The van der Waals surface area contributed by atoms with Crippen LogP contribution in [0.15, 0.2) is 0 Å². The number of nitrogens with one attached hydrogen (secondary N) is 2. The lowest BCUT2D eigenvalue weighted by Crippen LogP contribution is -2.36. The zero-order valence-electron chi connectivity index (χ0n) is 16.0. The van der Waals surface area contributed by atoms with E-state index in [0.29, 0.717) is 25.7 Å². The predicted molar refractivity (Wildman–Crippen MR) is 105 cm³/mol. The molecule has 156 valence electrons. The van der Waals surface area contributed by atoms with Crippen LogP contribution in [0.1, 0.15) is 77.0 Å². The molecule has 27 heavy (non-hydrogen) atoms. The molecule has 0 aliphatic rings. The molecule has 0 heterocycles. The average molecular weight is 421 g/mol. The lowest BCUT2D eigenvalue weighted by Gasteiger charge is -2.09. The van der Waals surface area contributed by atoms with E-state index in [1.807, 2.05) is 0 Å². The standard InChI is InChI=1S/C17H32N4O4S2/c18-13-9-5-1-3-7-11-15-20-26(22,23)17-27(24,25)21-16-12-8-4-2-6-10-14-19/h20-21H,1-12,15-17H2. The second-order valence-electron chi connectivity index (χ2n) is 6.49. The Labute approximate surface area is 164 Å². The van der Waals surface area contributed by atoms with Crippen LogP contribution >= 0.6 is 0 Å². The molecule has 0 unspecified atom stereocenters. The van der Waals surface area contributed by atoms with Crippen LogP contribution in [-0.4, -0.2) is 35.0 Å². The Morgan fingerprint density at radius 1 is 0.556 bits per heavy atom. The Hall–Kier alpha value is -1.20. The van der Waals surface area contributed by atoms with Crippen LogP contribution in [0.2, 0.25) is 0 Å². The van der Waals surface area contributed by atoms with Crippen molar-refractivity contribution in [3.05, 3.63) is 0 Å². The maximum atomic E-state index is 11.9. The summed E-state index contributed by atoms with van der Waals surface area (Å²) in [5.41, 5.74) is 0. The molecule has 0 spiro atoms. The molecule has 0 saturated heterocycles. The van der Waals surface area contributed by atoms with E-state index >= 15 is 0 Å². The molecule has 0 saturated carbocycles. The fourth-order valence-corrected chi connectivity index (χ4v) is 5.67. The van der Waals surface area contributed by atoms with Crippen molar-refractivity contribution in [1.29, 1.82) is 10.5 Å². The van der Waals surface area contributed by atoms with Gasteiger partial charge in [-0.2, -0.15) is 10.5 Å². The first-order chi connectivity index (χ1) is 12.8. The molecule has 10 heteroatoms. The van der Waals surface area contributed by atoms with E-state index in [1.165, 1.54) is 0 Å². The zero-order chi connectivity index (χ0) is 20.4. The Morgan fingerprint density at radius 2 is 0.889 bits per heavy atom. The Bertz CT molecular complexity index is 606. The first kappa shape index (κ1) is 25.8. The minimum atomic E-state index is -3.87. The van der Waals surface area contributed by atoms with Crippen molar-refractivity contribution >= 4 is 20.0 Å². The molecule has 0 aromatic rings. The van der Waals surface area contributed by atoms with Gasteiger partial charge in [-0.3, -0.25) is 0 Å². The topological polar surface area (TPSA) is 140 Å². The fourth-order valence-electron chi connectivity index (χ4n) is 2.46. The summed E-state index contributed by atoms with van der Waals surface area (Å²) in [4.78, 5) is 0. The molecule has 0 radical (unpaired) electrons. The van der Waals surface area contributed by atoms with Crippen molar-refractivity contribution < 1.29 is 16.8 Å². The van der Waals surface area contributed by atoms with Crippen molar-refractivity contribution in [1.82, 2.24) is 9.44 Å². The maximum absolute atomic E-state index is 11.9. The molecule has 0 fully saturated rings. The normalized spacial score (nSPS) is 11.8. The van der Waals surface area contributed by atoms with Gasteiger partial charge in [0.1, 0.15) is 0 Å². The van der Waals surface area contributed by atoms with Crippen molar-refractivity contribution in [2.24, 2.45) is 0 Å². The van der Waals surface area contributed by atoms with Gasteiger partial charge in [-0.25, -0.2) is 26.3 Å². The highest BCUT2D eigenvalue weighted by molar-refractivity contribution is 8.06. The number of sulfonamides is 2. The van der Waals surface area contributed by atoms with E-state index in [0.717, 1.165) is 51.4 Å². The van der Waals surface area contributed by atoms with Gasteiger partial charge in [0, 0.05) is 25.9 Å². The molecule has 0 aromatic carbocycles. The molecule has 0 atom stereocenters. The van der Waals surface area contributed by atoms with Gasteiger partial charge in [-0.15, -0.1) is 0 Å². The van der Waals surface area contributed by atoms with Crippen LogP contribution < -0.4 is 9.44 Å². The first-order valence-corrected chi connectivity index (χ1v) is 12.8. The number of hydrogen-bond acceptors (Lipinski definition) is 6. The molecule has 0 rings (SSSR count). The second kappa shape index (κ2) is 15.8. The quantitative estimate of drug-likeness (QED) is 0.326. The van der Waals surface area contributed by atoms with E-state index < -0.39 is 25.1 Å². The summed E-state index contributed by atoms with van der Waals surface area (Å²) in [6.07, 6.45) is 9.50. The Kier molecular flexibility index (Phi) is 15.1. The summed E-state index contributed by atoms with van der Waals surface area (Å²) >= 11 is 0. The number of nitrogens with zero attached hydrogens (tertiary/aromatic N) is 2. The van der Waals surface area contributed by atoms with E-state index in [-0.39, 0.29) is 13.1 Å². The number of rotatable bonds is 18. The van der Waals surface area contributed by atoms with Crippen LogP contribution in [0.3, 0.4) is 0 Å². The van der Waals surface area contributed by atoms with Crippen LogP contribution in [-0.2, 0) is 20.0 Å². The van der Waals surface area contributed by atoms with Crippen molar-refractivity contribution in [2.75, 3.05) is 18.2 Å². The highest BCUT2D eigenvalue weighted by atomic mass is 32.3. The van der Waals surface area contributed by atoms with Crippen molar-refractivity contribution in [3.8, 4) is 12.1 Å². The molecular weight excluding hydrogens is 388 g/mol. The molecule has 0 aromatic heterocycles. The monoisotopic (exact) mass is 420 g/mol. The summed E-state index contributed by atoms with van der Waals surface area (Å²) in [6.45, 7) is 0.442. The van der Waals surface area contributed by atoms with Crippen molar-refractivity contribution in [3.63, 3.8) is 0 Å². The largest absolute Gasteiger partial charge is 0.227 e. The molecular formula is C17H32N4O4S2. The highest BCUT2D eigenvalue weighted by Crippen LogP contribution is 2.06. The van der Waals surface area contributed by atoms with Gasteiger partial charge in [0.2, 0.25) is 20.0 Å². The third kappa shape index (κ3) is 17.9. The van der Waals surface area contributed by atoms with Gasteiger partial charge in [0.05, 0.1) is 12.1 Å². The highest BCUT2D eigenvalue weighted by Gasteiger charge is 2.21. The summed E-state index contributed by atoms with van der Waals surface area (Å²) in [6, 6.07) is 4.16. The lowest BCUT2D eigenvalue weighted by atomic mass is 10.1. The van der Waals surface area contributed by atoms with E-state index in [4.69, 9.17) is 10.5 Å². The van der Waals surface area contributed by atoms with Crippen LogP contribution in [0.25, 0.3) is 0 Å². The zero-order valence-corrected chi connectivity index (χ0v) is 17.6. The maximum Gasteiger partial charge on any atom is 0.227 e. The van der Waals surface area contributed by atoms with Gasteiger partial charge in [0.15, 0.2) is 5.08 Å². The van der Waals surface area contributed by atoms with Gasteiger partial charge in [0.25, 0.3) is 0 Å². The lowest BCUT2D eigenvalue weighted by molar-refractivity contribution is 0.562. The smallest absolute Gasteiger partial charge is 0.214 e. The Balaban J connectivity index is 3.83. The summed E-state index contributed by atoms with van der Waals surface area (Å²) in [5.74, 6) is 0. The summed E-state index contributed by atoms with van der Waals surface area (Å²) in [5, 5.41) is 15.9. The number of nitriles is 2. The molecule has 2 N–H and O–H groups in total. The fraction of sp³-hybridized carbons (Fsp3) is 0.882. The van der Waals surface area contributed by atoms with Crippen LogP contribution in [0, 0.1) is 22.7 Å². The van der Waals surface area contributed by atoms with E-state index in [9.17, 15) is 16.8 Å². The van der Waals surface area contributed by atoms with Crippen LogP contribution in [0.5, 0.6) is 0 Å². The third-order valence-corrected chi connectivity index (χ3v) is 7.66. The minimum absolute atomic E-state index is 0.221. The summed E-state index contributed by atoms with van der Waals surface area (Å²) in [7, 11) is -7.74. The third-order valence-electron chi connectivity index (χ3n) is 3.88. The van der Waals surface area contributed by atoms with Gasteiger partial charge < -0.3 is 0 Å². The first-order valence-electron chi connectivity index (χ1n) is 9.51. The van der Waals surface area contributed by atoms with Gasteiger partial charge >= 0.3 is 0 Å². The van der Waals surface area contributed by atoms with Crippen LogP contribution in [0.4, 0.5) is 0 Å². The molecule has 0 aliphatic carbocycles. The number of unbranched alkanes of at least 4 members (excludes halogenated alkanes) is 10. The SMILES string of the molecule is N#CCCCCCCCNS(=O)(=O)CS(=O)(=O)NCCCCCCCC#N. The van der Waals surface area contributed by atoms with Gasteiger partial charge in [-0.1, -0.05) is 38.5 Å². The van der Waals surface area contributed by atoms with E-state index in [2.05, 4.69) is 21.6 Å². The second-order valence-corrected chi connectivity index (χ2v) is 10.5. The molecule has 0 bridgehead atoms. The average Bonchev–Trinajstić information content (AvgIpc) is 2.58. The van der Waals surface area contributed by atoms with Crippen molar-refractivity contribution in [2.45, 2.75) is 77.0 Å². The predicted octanol–water partition coefficient (Wildman–Crippen LogP) is 2.51. The van der Waals surface area contributed by atoms with E-state index in [1.54, 1.807) is 0 Å². The Morgan fingerprint density at radius 3 is 1.26 bits per heavy atom. The molecule has 0 aliphatic heterocycles. The molecule has 8 nitrogen and oxygen atoms in total.